The third-order valence-electron chi connectivity index (χ3n) is 2.52. The van der Waals surface area contributed by atoms with Crippen molar-refractivity contribution in [2.24, 2.45) is 5.41 Å². The van der Waals surface area contributed by atoms with Crippen LogP contribution in [0.3, 0.4) is 0 Å². The van der Waals surface area contributed by atoms with Gasteiger partial charge >= 0.3 is 0 Å². The average Bonchev–Trinajstić information content (AvgIpc) is 2.15. The number of amides is 1. The highest BCUT2D eigenvalue weighted by molar-refractivity contribution is 5.81. The van der Waals surface area contributed by atoms with Crippen LogP contribution in [0, 0.1) is 5.41 Å². The van der Waals surface area contributed by atoms with Crippen LogP contribution in [0.25, 0.3) is 0 Å². The standard InChI is InChI=1S/C11H21NO2/c1-5-9-8-12(6-7-14-9)10(13)11(2,3)4/h9H,5-8H2,1-4H3/t9-/m1/s1. The van der Waals surface area contributed by atoms with E-state index in [4.69, 9.17) is 4.74 Å². The molecule has 0 aromatic carbocycles. The summed E-state index contributed by atoms with van der Waals surface area (Å²) in [4.78, 5) is 13.9. The van der Waals surface area contributed by atoms with Gasteiger partial charge in [-0.25, -0.2) is 0 Å². The van der Waals surface area contributed by atoms with Crippen LogP contribution in [0.15, 0.2) is 0 Å². The van der Waals surface area contributed by atoms with Gasteiger partial charge in [0.2, 0.25) is 5.91 Å². The van der Waals surface area contributed by atoms with E-state index < -0.39 is 0 Å². The molecule has 1 aliphatic rings. The summed E-state index contributed by atoms with van der Waals surface area (Å²) in [6.45, 7) is 10.2. The van der Waals surface area contributed by atoms with Crippen molar-refractivity contribution in [3.63, 3.8) is 0 Å². The van der Waals surface area contributed by atoms with Gasteiger partial charge in [0.15, 0.2) is 0 Å². The Balaban J connectivity index is 2.56. The van der Waals surface area contributed by atoms with Crippen molar-refractivity contribution in [1.29, 1.82) is 0 Å². The molecule has 0 aromatic heterocycles. The lowest BCUT2D eigenvalue weighted by Gasteiger charge is -2.36. The van der Waals surface area contributed by atoms with Gasteiger partial charge in [-0.3, -0.25) is 4.79 Å². The summed E-state index contributed by atoms with van der Waals surface area (Å²) in [5.74, 6) is 0.235. The van der Waals surface area contributed by atoms with Gasteiger partial charge in [-0.1, -0.05) is 27.7 Å². The van der Waals surface area contributed by atoms with E-state index in [1.165, 1.54) is 0 Å². The number of rotatable bonds is 1. The van der Waals surface area contributed by atoms with Gasteiger partial charge in [-0.15, -0.1) is 0 Å². The van der Waals surface area contributed by atoms with E-state index in [1.807, 2.05) is 25.7 Å². The molecule has 82 valence electrons. The number of carbonyl (C=O) groups is 1. The van der Waals surface area contributed by atoms with Crippen LogP contribution in [0.2, 0.25) is 0 Å². The molecule has 0 spiro atoms. The zero-order valence-electron chi connectivity index (χ0n) is 9.67. The number of hydrogen-bond acceptors (Lipinski definition) is 2. The third-order valence-corrected chi connectivity index (χ3v) is 2.52. The van der Waals surface area contributed by atoms with Crippen LogP contribution in [-0.4, -0.2) is 36.6 Å². The Labute approximate surface area is 86.4 Å². The van der Waals surface area contributed by atoms with E-state index >= 15 is 0 Å². The summed E-state index contributed by atoms with van der Waals surface area (Å²) in [6, 6.07) is 0. The predicted molar refractivity (Wildman–Crippen MR) is 56.1 cm³/mol. The second-order valence-corrected chi connectivity index (χ2v) is 4.90. The Kier molecular flexibility index (Phi) is 3.53. The lowest BCUT2D eigenvalue weighted by Crippen LogP contribution is -2.49. The fourth-order valence-electron chi connectivity index (χ4n) is 1.63. The highest BCUT2D eigenvalue weighted by Crippen LogP contribution is 2.19. The van der Waals surface area contributed by atoms with Crippen LogP contribution in [0.5, 0.6) is 0 Å². The molecule has 1 rings (SSSR count). The highest BCUT2D eigenvalue weighted by atomic mass is 16.5. The van der Waals surface area contributed by atoms with Crippen molar-refractivity contribution >= 4 is 5.91 Å². The number of hydrogen-bond donors (Lipinski definition) is 0. The maximum Gasteiger partial charge on any atom is 0.228 e. The van der Waals surface area contributed by atoms with Crippen LogP contribution in [-0.2, 0) is 9.53 Å². The highest BCUT2D eigenvalue weighted by Gasteiger charge is 2.30. The first kappa shape index (κ1) is 11.5. The topological polar surface area (TPSA) is 29.5 Å². The summed E-state index contributed by atoms with van der Waals surface area (Å²) in [5.41, 5.74) is -0.268. The molecule has 1 aliphatic heterocycles. The largest absolute Gasteiger partial charge is 0.375 e. The minimum Gasteiger partial charge on any atom is -0.375 e. The van der Waals surface area contributed by atoms with Crippen molar-refractivity contribution in [1.82, 2.24) is 4.90 Å². The van der Waals surface area contributed by atoms with Crippen LogP contribution in [0.1, 0.15) is 34.1 Å². The fraction of sp³-hybridized carbons (Fsp3) is 0.909. The first-order chi connectivity index (χ1) is 6.45. The molecule has 0 aliphatic carbocycles. The van der Waals surface area contributed by atoms with Crippen LogP contribution < -0.4 is 0 Å². The van der Waals surface area contributed by atoms with Crippen molar-refractivity contribution < 1.29 is 9.53 Å². The second-order valence-electron chi connectivity index (χ2n) is 4.90. The molecule has 1 fully saturated rings. The van der Waals surface area contributed by atoms with Crippen LogP contribution in [0.4, 0.5) is 0 Å². The van der Waals surface area contributed by atoms with E-state index in [2.05, 4.69) is 6.92 Å². The normalized spacial score (nSPS) is 23.7. The zero-order chi connectivity index (χ0) is 10.8. The lowest BCUT2D eigenvalue weighted by atomic mass is 9.94. The van der Waals surface area contributed by atoms with Gasteiger partial charge in [-0.05, 0) is 6.42 Å². The molecule has 0 bridgehead atoms. The minimum absolute atomic E-state index is 0.232. The lowest BCUT2D eigenvalue weighted by molar-refractivity contribution is -0.147. The summed E-state index contributed by atoms with van der Waals surface area (Å²) in [6.07, 6.45) is 1.21. The zero-order valence-corrected chi connectivity index (χ0v) is 9.67. The number of ether oxygens (including phenoxy) is 1. The maximum absolute atomic E-state index is 12.0. The quantitative estimate of drug-likeness (QED) is 0.643. The molecule has 3 heteroatoms. The Morgan fingerprint density at radius 2 is 2.14 bits per heavy atom. The summed E-state index contributed by atoms with van der Waals surface area (Å²) in [5, 5.41) is 0. The summed E-state index contributed by atoms with van der Waals surface area (Å²) in [7, 11) is 0. The third kappa shape index (κ3) is 2.71. The number of carbonyl (C=O) groups excluding carboxylic acids is 1. The SMILES string of the molecule is CC[C@@H]1CN(C(=O)C(C)(C)C)CCO1. The van der Waals surface area contributed by atoms with E-state index in [0.717, 1.165) is 19.5 Å². The van der Waals surface area contributed by atoms with Gasteiger partial charge in [-0.2, -0.15) is 0 Å². The molecular formula is C11H21NO2. The Morgan fingerprint density at radius 1 is 1.50 bits per heavy atom. The first-order valence-corrected chi connectivity index (χ1v) is 5.36. The fourth-order valence-corrected chi connectivity index (χ4v) is 1.63. The predicted octanol–water partition coefficient (Wildman–Crippen LogP) is 1.67. The molecule has 1 amide bonds. The van der Waals surface area contributed by atoms with Crippen molar-refractivity contribution in [2.45, 2.75) is 40.2 Å². The molecule has 3 nitrogen and oxygen atoms in total. The molecule has 0 unspecified atom stereocenters. The Morgan fingerprint density at radius 3 is 2.64 bits per heavy atom. The monoisotopic (exact) mass is 199 g/mol. The van der Waals surface area contributed by atoms with Gasteiger partial charge < -0.3 is 9.64 Å². The summed E-state index contributed by atoms with van der Waals surface area (Å²) >= 11 is 0. The van der Waals surface area contributed by atoms with Crippen molar-refractivity contribution in [3.8, 4) is 0 Å². The minimum atomic E-state index is -0.268. The number of morpholine rings is 1. The van der Waals surface area contributed by atoms with E-state index in [9.17, 15) is 4.79 Å². The van der Waals surface area contributed by atoms with Crippen LogP contribution >= 0.6 is 0 Å². The molecule has 0 saturated carbocycles. The van der Waals surface area contributed by atoms with E-state index in [-0.39, 0.29) is 17.4 Å². The average molecular weight is 199 g/mol. The van der Waals surface area contributed by atoms with Gasteiger partial charge in [0.25, 0.3) is 0 Å². The Hall–Kier alpha value is -0.570. The molecule has 0 N–H and O–H groups in total. The maximum atomic E-state index is 12.0. The molecular weight excluding hydrogens is 178 g/mol. The van der Waals surface area contributed by atoms with Crippen molar-refractivity contribution in [2.75, 3.05) is 19.7 Å². The molecule has 1 heterocycles. The van der Waals surface area contributed by atoms with Gasteiger partial charge in [0, 0.05) is 18.5 Å². The Bertz CT molecular complexity index is 208. The molecule has 0 aromatic rings. The molecule has 0 radical (unpaired) electrons. The smallest absolute Gasteiger partial charge is 0.228 e. The van der Waals surface area contributed by atoms with Gasteiger partial charge in [0.1, 0.15) is 0 Å². The molecule has 1 saturated heterocycles. The second kappa shape index (κ2) is 4.30. The first-order valence-electron chi connectivity index (χ1n) is 5.36. The number of nitrogens with zero attached hydrogens (tertiary/aromatic N) is 1. The van der Waals surface area contributed by atoms with Crippen molar-refractivity contribution in [3.05, 3.63) is 0 Å². The molecule has 14 heavy (non-hydrogen) atoms. The van der Waals surface area contributed by atoms with E-state index in [1.54, 1.807) is 0 Å². The van der Waals surface area contributed by atoms with E-state index in [0.29, 0.717) is 6.61 Å². The molecule has 1 atom stereocenters. The van der Waals surface area contributed by atoms with Gasteiger partial charge in [0.05, 0.1) is 12.7 Å². The summed E-state index contributed by atoms with van der Waals surface area (Å²) < 4.78 is 5.53.